The van der Waals surface area contributed by atoms with Crippen molar-refractivity contribution in [3.05, 3.63) is 77.4 Å². The molecule has 4 nitrogen and oxygen atoms in total. The molecule has 2 heterocycles. The van der Waals surface area contributed by atoms with E-state index in [-0.39, 0.29) is 10.8 Å². The summed E-state index contributed by atoms with van der Waals surface area (Å²) in [6, 6.07) is 21.7. The zero-order chi connectivity index (χ0) is 22.1. The molecule has 5 heteroatoms. The topological polar surface area (TPSA) is 45.6 Å². The van der Waals surface area contributed by atoms with E-state index in [0.717, 1.165) is 39.7 Å². The van der Waals surface area contributed by atoms with Crippen molar-refractivity contribution in [2.24, 2.45) is 0 Å². The first-order chi connectivity index (χ1) is 15.6. The number of fused-ring (bicyclic) bond motifs is 1. The van der Waals surface area contributed by atoms with Crippen LogP contribution in [0, 0.1) is 6.07 Å². The first kappa shape index (κ1) is 20.8. The van der Waals surface area contributed by atoms with Crippen LogP contribution in [0.5, 0.6) is 11.5 Å². The second-order valence-electron chi connectivity index (χ2n) is 8.20. The minimum Gasteiger partial charge on any atom is -0.503 e. The van der Waals surface area contributed by atoms with Crippen molar-refractivity contribution in [1.29, 1.82) is 0 Å². The number of rotatable bonds is 5. The van der Waals surface area contributed by atoms with Crippen molar-refractivity contribution in [3.63, 3.8) is 0 Å². The third kappa shape index (κ3) is 4.04. The van der Waals surface area contributed by atoms with Crippen LogP contribution in [-0.2, 0) is 6.54 Å². The van der Waals surface area contributed by atoms with Crippen LogP contribution in [-0.4, -0.2) is 35.2 Å². The number of methoxy groups -OCH3 is 1. The van der Waals surface area contributed by atoms with Gasteiger partial charge in [0, 0.05) is 29.8 Å². The first-order valence-corrected chi connectivity index (χ1v) is 11.2. The van der Waals surface area contributed by atoms with Gasteiger partial charge in [0.25, 0.3) is 0 Å². The van der Waals surface area contributed by atoms with Gasteiger partial charge in [-0.2, -0.15) is 0 Å². The van der Waals surface area contributed by atoms with Crippen LogP contribution >= 0.6 is 11.6 Å². The minimum absolute atomic E-state index is 0.0524. The van der Waals surface area contributed by atoms with E-state index in [0.29, 0.717) is 5.75 Å². The molecule has 32 heavy (non-hydrogen) atoms. The van der Waals surface area contributed by atoms with Crippen LogP contribution in [0.15, 0.2) is 60.8 Å². The van der Waals surface area contributed by atoms with Gasteiger partial charge in [-0.05, 0) is 72.5 Å². The molecule has 0 amide bonds. The number of phenols is 1. The Morgan fingerprint density at radius 3 is 2.50 bits per heavy atom. The average molecular weight is 444 g/mol. The maximum atomic E-state index is 10.1. The normalized spacial score (nSPS) is 14.2. The first-order valence-electron chi connectivity index (χ1n) is 10.8. The quantitative estimate of drug-likeness (QED) is 0.391. The SMILES string of the molecule is COc1cc(-c2ccc3nc[c]c(-c4ccc(CN5CCCC5)cc4)c3c2)cc(Cl)c1O. The van der Waals surface area contributed by atoms with E-state index in [1.54, 1.807) is 18.3 Å². The molecular weight excluding hydrogens is 420 g/mol. The van der Waals surface area contributed by atoms with Crippen molar-refractivity contribution < 1.29 is 9.84 Å². The molecule has 0 saturated carbocycles. The van der Waals surface area contributed by atoms with E-state index < -0.39 is 0 Å². The molecule has 1 aromatic heterocycles. The number of aromatic nitrogens is 1. The molecule has 1 aliphatic heterocycles. The summed E-state index contributed by atoms with van der Waals surface area (Å²) in [5.74, 6) is 0.294. The van der Waals surface area contributed by atoms with Crippen LogP contribution in [0.1, 0.15) is 18.4 Å². The molecule has 0 bridgehead atoms. The van der Waals surface area contributed by atoms with Crippen molar-refractivity contribution in [3.8, 4) is 33.8 Å². The van der Waals surface area contributed by atoms with Crippen molar-refractivity contribution in [2.45, 2.75) is 19.4 Å². The third-order valence-electron chi connectivity index (χ3n) is 6.11. The fourth-order valence-corrected chi connectivity index (χ4v) is 4.59. The summed E-state index contributed by atoms with van der Waals surface area (Å²) in [6.45, 7) is 3.40. The van der Waals surface area contributed by atoms with Gasteiger partial charge in [0.15, 0.2) is 11.5 Å². The second-order valence-corrected chi connectivity index (χ2v) is 8.61. The monoisotopic (exact) mass is 443 g/mol. The standard InChI is InChI=1S/C27H24ClN2O2/c1-32-26-16-21(15-24(28)27(26)31)20-8-9-25-23(14-20)22(10-11-29-25)19-6-4-18(5-7-19)17-30-12-2-3-13-30/h4-9,11,14-16,31H,2-3,12-13,17H2,1H3. The lowest BCUT2D eigenvalue weighted by Crippen LogP contribution is -2.18. The van der Waals surface area contributed by atoms with Gasteiger partial charge in [-0.3, -0.25) is 9.88 Å². The predicted octanol–water partition coefficient (Wildman–Crippen LogP) is 6.33. The number of benzene rings is 3. The summed E-state index contributed by atoms with van der Waals surface area (Å²) in [5, 5.41) is 11.3. The second kappa shape index (κ2) is 8.81. The van der Waals surface area contributed by atoms with Crippen LogP contribution in [0.4, 0.5) is 0 Å². The molecule has 1 N–H and O–H groups in total. The highest BCUT2D eigenvalue weighted by Crippen LogP contribution is 2.39. The van der Waals surface area contributed by atoms with Crippen molar-refractivity contribution in [2.75, 3.05) is 20.2 Å². The van der Waals surface area contributed by atoms with Crippen LogP contribution < -0.4 is 4.74 Å². The zero-order valence-electron chi connectivity index (χ0n) is 17.9. The lowest BCUT2D eigenvalue weighted by atomic mass is 9.96. The van der Waals surface area contributed by atoms with E-state index >= 15 is 0 Å². The van der Waals surface area contributed by atoms with E-state index in [4.69, 9.17) is 16.3 Å². The van der Waals surface area contributed by atoms with Crippen LogP contribution in [0.2, 0.25) is 5.02 Å². The predicted molar refractivity (Wildman–Crippen MR) is 129 cm³/mol. The molecule has 161 valence electrons. The lowest BCUT2D eigenvalue weighted by Gasteiger charge is -2.15. The number of nitrogens with zero attached hydrogens (tertiary/aromatic N) is 2. The molecule has 0 atom stereocenters. The summed E-state index contributed by atoms with van der Waals surface area (Å²) in [6.07, 6.45) is 4.34. The van der Waals surface area contributed by atoms with Crippen molar-refractivity contribution in [1.82, 2.24) is 9.88 Å². The highest BCUT2D eigenvalue weighted by atomic mass is 35.5. The molecular formula is C27H24ClN2O2. The van der Waals surface area contributed by atoms with Gasteiger partial charge in [0.1, 0.15) is 0 Å². The minimum atomic E-state index is -0.0524. The molecule has 0 unspecified atom stereocenters. The molecule has 0 aliphatic carbocycles. The maximum absolute atomic E-state index is 10.1. The smallest absolute Gasteiger partial charge is 0.176 e. The Balaban J connectivity index is 1.52. The Labute approximate surface area is 193 Å². The van der Waals surface area contributed by atoms with E-state index in [1.807, 2.05) is 12.1 Å². The van der Waals surface area contributed by atoms with Crippen LogP contribution in [0.3, 0.4) is 0 Å². The summed E-state index contributed by atoms with van der Waals surface area (Å²) in [5.41, 5.74) is 6.19. The number of hydrogen-bond acceptors (Lipinski definition) is 4. The van der Waals surface area contributed by atoms with Crippen molar-refractivity contribution >= 4 is 22.5 Å². The van der Waals surface area contributed by atoms with Gasteiger partial charge in [0.05, 0.1) is 17.6 Å². The van der Waals surface area contributed by atoms with Crippen LogP contribution in [0.25, 0.3) is 33.2 Å². The number of halogens is 1. The molecule has 1 fully saturated rings. The Hall–Kier alpha value is -3.08. The summed E-state index contributed by atoms with van der Waals surface area (Å²) < 4.78 is 5.27. The Bertz CT molecular complexity index is 1260. The Morgan fingerprint density at radius 2 is 1.75 bits per heavy atom. The summed E-state index contributed by atoms with van der Waals surface area (Å²) in [4.78, 5) is 7.01. The fraction of sp³-hybridized carbons (Fsp3) is 0.222. The molecule has 3 aromatic carbocycles. The Morgan fingerprint density at radius 1 is 1.00 bits per heavy atom. The van der Waals surface area contributed by atoms with Gasteiger partial charge < -0.3 is 9.84 Å². The number of phenolic OH excluding ortho intramolecular Hbond substituents is 1. The lowest BCUT2D eigenvalue weighted by molar-refractivity contribution is 0.331. The van der Waals surface area contributed by atoms with E-state index in [9.17, 15) is 5.11 Å². The molecule has 0 spiro atoms. The molecule has 1 radical (unpaired) electrons. The van der Waals surface area contributed by atoms with Gasteiger partial charge in [-0.25, -0.2) is 0 Å². The molecule has 5 rings (SSSR count). The van der Waals surface area contributed by atoms with E-state index in [1.165, 1.54) is 38.6 Å². The molecule has 1 aliphatic rings. The number of likely N-dealkylation sites (tertiary alicyclic amines) is 1. The molecule has 4 aromatic rings. The zero-order valence-corrected chi connectivity index (χ0v) is 18.7. The Kier molecular flexibility index (Phi) is 5.73. The number of hydrogen-bond donors (Lipinski definition) is 1. The maximum Gasteiger partial charge on any atom is 0.176 e. The average Bonchev–Trinajstić information content (AvgIpc) is 3.33. The highest BCUT2D eigenvalue weighted by Gasteiger charge is 2.14. The largest absolute Gasteiger partial charge is 0.503 e. The highest BCUT2D eigenvalue weighted by molar-refractivity contribution is 6.32. The summed E-state index contributed by atoms with van der Waals surface area (Å²) in [7, 11) is 1.51. The number of pyridine rings is 1. The van der Waals surface area contributed by atoms with Gasteiger partial charge >= 0.3 is 0 Å². The summed E-state index contributed by atoms with van der Waals surface area (Å²) >= 11 is 6.22. The molecule has 1 saturated heterocycles. The number of ether oxygens (including phenoxy) is 1. The number of aromatic hydroxyl groups is 1. The van der Waals surface area contributed by atoms with Gasteiger partial charge in [0.2, 0.25) is 0 Å². The van der Waals surface area contributed by atoms with Gasteiger partial charge in [-0.1, -0.05) is 41.9 Å². The third-order valence-corrected chi connectivity index (χ3v) is 6.40. The van der Waals surface area contributed by atoms with Gasteiger partial charge in [-0.15, -0.1) is 0 Å². The van der Waals surface area contributed by atoms with E-state index in [2.05, 4.69) is 46.3 Å². The fourth-order valence-electron chi connectivity index (χ4n) is 4.38.